The summed E-state index contributed by atoms with van der Waals surface area (Å²) in [4.78, 5) is 26.1. The zero-order valence-corrected chi connectivity index (χ0v) is 18.5. The third kappa shape index (κ3) is 6.02. The molecule has 154 valence electrons. The van der Waals surface area contributed by atoms with Crippen molar-refractivity contribution in [1.29, 1.82) is 0 Å². The first-order valence-electron chi connectivity index (χ1n) is 9.35. The smallest absolute Gasteiger partial charge is 0.257 e. The second-order valence-electron chi connectivity index (χ2n) is 6.48. The summed E-state index contributed by atoms with van der Waals surface area (Å²) < 4.78 is 0. The maximum absolute atomic E-state index is 12.6. The van der Waals surface area contributed by atoms with Gasteiger partial charge in [-0.1, -0.05) is 54.4 Å². The van der Waals surface area contributed by atoms with Crippen LogP contribution in [0.4, 0.5) is 11.4 Å². The van der Waals surface area contributed by atoms with E-state index in [0.29, 0.717) is 22.7 Å². The number of carbonyl (C=O) groups is 2. The van der Waals surface area contributed by atoms with E-state index in [0.717, 1.165) is 10.6 Å². The van der Waals surface area contributed by atoms with Crippen molar-refractivity contribution in [2.75, 3.05) is 10.6 Å². The van der Waals surface area contributed by atoms with Gasteiger partial charge in [0.2, 0.25) is 5.91 Å². The molecule has 30 heavy (non-hydrogen) atoms. The van der Waals surface area contributed by atoms with Crippen LogP contribution >= 0.6 is 35.0 Å². The standard InChI is InChI=1S/C23H20Cl2N2O2S/c1-2-21(23(29)26-16-7-4-3-5-8-16)30-18-10-6-9-17(14-18)27-22(28)19-12-11-15(24)13-20(19)25/h3-14,21H,2H2,1H3,(H,26,29)(H,27,28). The number of hydrogen-bond acceptors (Lipinski definition) is 3. The highest BCUT2D eigenvalue weighted by Gasteiger charge is 2.18. The van der Waals surface area contributed by atoms with Gasteiger partial charge in [0, 0.05) is 21.3 Å². The van der Waals surface area contributed by atoms with Crippen LogP contribution in [0.2, 0.25) is 10.0 Å². The van der Waals surface area contributed by atoms with E-state index < -0.39 is 0 Å². The number of amides is 2. The fraction of sp³-hybridized carbons (Fsp3) is 0.130. The van der Waals surface area contributed by atoms with Gasteiger partial charge in [0.1, 0.15) is 0 Å². The lowest BCUT2D eigenvalue weighted by molar-refractivity contribution is -0.115. The summed E-state index contributed by atoms with van der Waals surface area (Å²) in [5, 5.41) is 6.27. The summed E-state index contributed by atoms with van der Waals surface area (Å²) in [5.74, 6) is -0.385. The Morgan fingerprint density at radius 3 is 2.33 bits per heavy atom. The van der Waals surface area contributed by atoms with Crippen LogP contribution in [-0.2, 0) is 4.79 Å². The predicted octanol–water partition coefficient (Wildman–Crippen LogP) is 6.76. The number of hydrogen-bond donors (Lipinski definition) is 2. The van der Waals surface area contributed by atoms with E-state index in [2.05, 4.69) is 10.6 Å². The van der Waals surface area contributed by atoms with Crippen LogP contribution in [0.1, 0.15) is 23.7 Å². The number of thioether (sulfide) groups is 1. The van der Waals surface area contributed by atoms with Gasteiger partial charge in [-0.2, -0.15) is 0 Å². The molecule has 2 amide bonds. The maximum atomic E-state index is 12.6. The second-order valence-corrected chi connectivity index (χ2v) is 8.60. The number of halogens is 2. The minimum Gasteiger partial charge on any atom is -0.325 e. The van der Waals surface area contributed by atoms with E-state index in [-0.39, 0.29) is 22.1 Å². The molecule has 0 fully saturated rings. The van der Waals surface area contributed by atoms with Gasteiger partial charge in [-0.05, 0) is 55.0 Å². The molecule has 0 saturated carbocycles. The fourth-order valence-electron chi connectivity index (χ4n) is 2.75. The van der Waals surface area contributed by atoms with Crippen LogP contribution in [0, 0.1) is 0 Å². The van der Waals surface area contributed by atoms with Crippen LogP contribution in [0.5, 0.6) is 0 Å². The highest BCUT2D eigenvalue weighted by atomic mass is 35.5. The quantitative estimate of drug-likeness (QED) is 0.384. The summed E-state index contributed by atoms with van der Waals surface area (Å²) in [6.45, 7) is 1.97. The molecule has 2 N–H and O–H groups in total. The molecule has 0 heterocycles. The number of carbonyl (C=O) groups excluding carboxylic acids is 2. The Morgan fingerprint density at radius 2 is 1.63 bits per heavy atom. The molecule has 0 bridgehead atoms. The minimum atomic E-state index is -0.326. The predicted molar refractivity (Wildman–Crippen MR) is 126 cm³/mol. The third-order valence-corrected chi connectivity index (χ3v) is 6.16. The van der Waals surface area contributed by atoms with Crippen molar-refractivity contribution in [2.24, 2.45) is 0 Å². The molecule has 0 radical (unpaired) electrons. The number of benzene rings is 3. The van der Waals surface area contributed by atoms with Crippen LogP contribution in [0.25, 0.3) is 0 Å². The average molecular weight is 459 g/mol. The van der Waals surface area contributed by atoms with Crippen LogP contribution in [0.15, 0.2) is 77.7 Å². The molecule has 0 aliphatic heterocycles. The summed E-state index contributed by atoms with van der Waals surface area (Å²) in [6, 6.07) is 21.5. The van der Waals surface area contributed by atoms with Gasteiger partial charge in [0.15, 0.2) is 0 Å². The van der Waals surface area contributed by atoms with Crippen molar-refractivity contribution in [1.82, 2.24) is 0 Å². The molecule has 7 heteroatoms. The van der Waals surface area contributed by atoms with E-state index in [1.165, 1.54) is 17.8 Å². The number of para-hydroxylation sites is 1. The summed E-state index contributed by atoms with van der Waals surface area (Å²) >= 11 is 13.5. The van der Waals surface area contributed by atoms with Crippen molar-refractivity contribution in [3.8, 4) is 0 Å². The molecule has 3 rings (SSSR count). The Morgan fingerprint density at radius 1 is 0.900 bits per heavy atom. The van der Waals surface area contributed by atoms with E-state index in [1.54, 1.807) is 18.2 Å². The zero-order valence-electron chi connectivity index (χ0n) is 16.2. The summed E-state index contributed by atoms with van der Waals surface area (Å²) in [6.07, 6.45) is 0.667. The molecule has 4 nitrogen and oxygen atoms in total. The first-order valence-corrected chi connectivity index (χ1v) is 11.0. The normalized spacial score (nSPS) is 11.6. The van der Waals surface area contributed by atoms with Gasteiger partial charge in [0.25, 0.3) is 5.91 Å². The molecule has 1 unspecified atom stereocenters. The summed E-state index contributed by atoms with van der Waals surface area (Å²) in [5.41, 5.74) is 1.73. The van der Waals surface area contributed by atoms with E-state index in [4.69, 9.17) is 23.2 Å². The van der Waals surface area contributed by atoms with Gasteiger partial charge in [-0.15, -0.1) is 11.8 Å². The highest BCUT2D eigenvalue weighted by molar-refractivity contribution is 8.00. The van der Waals surface area contributed by atoms with Crippen molar-refractivity contribution in [3.63, 3.8) is 0 Å². The Bertz CT molecular complexity index is 1040. The van der Waals surface area contributed by atoms with Crippen molar-refractivity contribution in [3.05, 3.63) is 88.4 Å². The first-order chi connectivity index (χ1) is 14.5. The lowest BCUT2D eigenvalue weighted by atomic mass is 10.2. The molecule has 0 aromatic heterocycles. The van der Waals surface area contributed by atoms with Crippen molar-refractivity contribution >= 4 is 58.2 Å². The average Bonchev–Trinajstić information content (AvgIpc) is 2.72. The molecule has 0 spiro atoms. The van der Waals surface area contributed by atoms with E-state index >= 15 is 0 Å². The van der Waals surface area contributed by atoms with Gasteiger partial charge < -0.3 is 10.6 Å². The topological polar surface area (TPSA) is 58.2 Å². The second kappa shape index (κ2) is 10.5. The van der Waals surface area contributed by atoms with Crippen LogP contribution < -0.4 is 10.6 Å². The maximum Gasteiger partial charge on any atom is 0.257 e. The number of nitrogens with one attached hydrogen (secondary N) is 2. The molecule has 0 saturated heterocycles. The summed E-state index contributed by atoms with van der Waals surface area (Å²) in [7, 11) is 0. The fourth-order valence-corrected chi connectivity index (χ4v) is 4.26. The van der Waals surface area contributed by atoms with Crippen molar-refractivity contribution in [2.45, 2.75) is 23.5 Å². The molecule has 1 atom stereocenters. The Kier molecular flexibility index (Phi) is 7.80. The van der Waals surface area contributed by atoms with Gasteiger partial charge in [-0.25, -0.2) is 0 Å². The van der Waals surface area contributed by atoms with Crippen molar-refractivity contribution < 1.29 is 9.59 Å². The van der Waals surface area contributed by atoms with Gasteiger partial charge in [-0.3, -0.25) is 9.59 Å². The molecular weight excluding hydrogens is 439 g/mol. The molecule has 0 aliphatic rings. The number of anilines is 2. The monoisotopic (exact) mass is 458 g/mol. The van der Waals surface area contributed by atoms with E-state index in [1.807, 2.05) is 55.5 Å². The van der Waals surface area contributed by atoms with Gasteiger partial charge >= 0.3 is 0 Å². The first kappa shape index (κ1) is 22.2. The third-order valence-electron chi connectivity index (χ3n) is 4.25. The Labute approximate surface area is 190 Å². The minimum absolute atomic E-state index is 0.0592. The Hall–Kier alpha value is -2.47. The highest BCUT2D eigenvalue weighted by Crippen LogP contribution is 2.29. The molecular formula is C23H20Cl2N2O2S. The number of rotatable bonds is 7. The molecule has 0 aliphatic carbocycles. The van der Waals surface area contributed by atoms with Crippen LogP contribution in [0.3, 0.4) is 0 Å². The van der Waals surface area contributed by atoms with Gasteiger partial charge in [0.05, 0.1) is 15.8 Å². The molecule has 3 aromatic rings. The zero-order chi connectivity index (χ0) is 21.5. The van der Waals surface area contributed by atoms with Crippen LogP contribution in [-0.4, -0.2) is 17.1 Å². The lowest BCUT2D eigenvalue weighted by Crippen LogP contribution is -2.24. The molecule has 3 aromatic carbocycles. The Balaban J connectivity index is 1.68. The lowest BCUT2D eigenvalue weighted by Gasteiger charge is -2.15. The largest absolute Gasteiger partial charge is 0.325 e. The SMILES string of the molecule is CCC(Sc1cccc(NC(=O)c2ccc(Cl)cc2Cl)c1)C(=O)Nc1ccccc1. The van der Waals surface area contributed by atoms with E-state index in [9.17, 15) is 9.59 Å².